The van der Waals surface area contributed by atoms with Gasteiger partial charge in [-0.05, 0) is 56.4 Å². The minimum atomic E-state index is 0.179. The van der Waals surface area contributed by atoms with Gasteiger partial charge in [0.15, 0.2) is 0 Å². The topological polar surface area (TPSA) is 23.6 Å². The van der Waals surface area contributed by atoms with Gasteiger partial charge in [-0.3, -0.25) is 9.69 Å². The van der Waals surface area contributed by atoms with Gasteiger partial charge in [0, 0.05) is 20.6 Å². The van der Waals surface area contributed by atoms with E-state index >= 15 is 0 Å². The highest BCUT2D eigenvalue weighted by Gasteiger charge is 2.48. The molecule has 2 saturated carbocycles. The highest BCUT2D eigenvalue weighted by atomic mass is 16.2. The molecule has 3 fully saturated rings. The van der Waals surface area contributed by atoms with Crippen LogP contribution in [0.3, 0.4) is 0 Å². The van der Waals surface area contributed by atoms with Gasteiger partial charge in [0.25, 0.3) is 0 Å². The van der Waals surface area contributed by atoms with Gasteiger partial charge < -0.3 is 4.90 Å². The molecule has 3 heteroatoms. The van der Waals surface area contributed by atoms with Crippen molar-refractivity contribution in [2.45, 2.75) is 51.0 Å². The number of likely N-dealkylation sites (N-methyl/N-ethyl adjacent to an activating group) is 1. The van der Waals surface area contributed by atoms with E-state index in [9.17, 15) is 4.79 Å². The summed E-state index contributed by atoms with van der Waals surface area (Å²) in [5.74, 6) is 1.19. The molecule has 0 N–H and O–H groups in total. The highest BCUT2D eigenvalue weighted by molar-refractivity contribution is 5.81. The average molecular weight is 250 g/mol. The minimum Gasteiger partial charge on any atom is -0.347 e. The smallest absolute Gasteiger partial charge is 0.239 e. The van der Waals surface area contributed by atoms with E-state index in [-0.39, 0.29) is 6.04 Å². The van der Waals surface area contributed by atoms with Gasteiger partial charge in [-0.15, -0.1) is 0 Å². The number of likely N-dealkylation sites (tertiary alicyclic amines) is 1. The molecule has 2 aliphatic carbocycles. The monoisotopic (exact) mass is 250 g/mol. The summed E-state index contributed by atoms with van der Waals surface area (Å²) in [5.41, 5.74) is 0.769. The van der Waals surface area contributed by atoms with Crippen molar-refractivity contribution in [2.75, 3.05) is 27.2 Å². The summed E-state index contributed by atoms with van der Waals surface area (Å²) in [6, 6.07) is 0.179. The van der Waals surface area contributed by atoms with Crippen LogP contribution in [0.5, 0.6) is 0 Å². The molecule has 18 heavy (non-hydrogen) atoms. The van der Waals surface area contributed by atoms with Crippen LogP contribution in [-0.2, 0) is 4.79 Å². The van der Waals surface area contributed by atoms with E-state index < -0.39 is 0 Å². The second-order valence-corrected chi connectivity index (χ2v) is 7.01. The molecule has 0 aromatic rings. The molecule has 1 saturated heterocycles. The van der Waals surface area contributed by atoms with Gasteiger partial charge in [0.05, 0.1) is 6.04 Å². The zero-order chi connectivity index (χ0) is 12.8. The maximum Gasteiger partial charge on any atom is 0.239 e. The Kier molecular flexibility index (Phi) is 3.13. The molecule has 0 aromatic heterocycles. The van der Waals surface area contributed by atoms with Crippen molar-refractivity contribution in [3.05, 3.63) is 0 Å². The fourth-order valence-electron chi connectivity index (χ4n) is 4.33. The van der Waals surface area contributed by atoms with Crippen LogP contribution < -0.4 is 0 Å². The Hall–Kier alpha value is -0.570. The van der Waals surface area contributed by atoms with Crippen LogP contribution in [0.1, 0.15) is 44.9 Å². The number of carbonyl (C=O) groups excluding carboxylic acids is 1. The highest BCUT2D eigenvalue weighted by Crippen LogP contribution is 2.58. The summed E-state index contributed by atoms with van der Waals surface area (Å²) in [6.07, 6.45) is 9.54. The predicted molar refractivity (Wildman–Crippen MR) is 72.3 cm³/mol. The van der Waals surface area contributed by atoms with Crippen LogP contribution in [0.2, 0.25) is 0 Å². The number of amides is 1. The number of nitrogens with zero attached hydrogens (tertiary/aromatic N) is 2. The lowest BCUT2D eigenvalue weighted by Crippen LogP contribution is -2.50. The molecular formula is C15H26N2O. The van der Waals surface area contributed by atoms with E-state index in [1.165, 1.54) is 45.1 Å². The molecule has 1 spiro atoms. The van der Waals surface area contributed by atoms with Crippen LogP contribution in [0.15, 0.2) is 0 Å². The predicted octanol–water partition coefficient (Wildman–Crippen LogP) is 2.12. The van der Waals surface area contributed by atoms with Crippen molar-refractivity contribution in [3.63, 3.8) is 0 Å². The van der Waals surface area contributed by atoms with Gasteiger partial charge in [0.2, 0.25) is 5.91 Å². The molecule has 1 aliphatic heterocycles. The van der Waals surface area contributed by atoms with Gasteiger partial charge >= 0.3 is 0 Å². The number of hydrogen-bond acceptors (Lipinski definition) is 2. The molecule has 0 unspecified atom stereocenters. The van der Waals surface area contributed by atoms with Crippen molar-refractivity contribution in [2.24, 2.45) is 11.3 Å². The Labute approximate surface area is 111 Å². The zero-order valence-electron chi connectivity index (χ0n) is 11.8. The molecule has 1 heterocycles. The molecular weight excluding hydrogens is 224 g/mol. The number of rotatable bonds is 3. The fourth-order valence-corrected chi connectivity index (χ4v) is 4.33. The molecule has 3 aliphatic rings. The number of carbonyl (C=O) groups is 1. The standard InChI is InChI=1S/C15H26N2O/c1-16(2)14(18)13-5-3-8-17(13)11-12-9-15(10-12)6-4-7-15/h12-13H,3-11H2,1-2H3/t13-/m0/s1. The molecule has 102 valence electrons. The first-order chi connectivity index (χ1) is 8.60. The van der Waals surface area contributed by atoms with Crippen LogP contribution in [0.4, 0.5) is 0 Å². The van der Waals surface area contributed by atoms with Crippen molar-refractivity contribution >= 4 is 5.91 Å². The third kappa shape index (κ3) is 2.07. The Morgan fingerprint density at radius 2 is 2.00 bits per heavy atom. The van der Waals surface area contributed by atoms with E-state index in [1.54, 1.807) is 4.90 Å². The third-order valence-corrected chi connectivity index (χ3v) is 5.44. The lowest BCUT2D eigenvalue weighted by Gasteiger charge is -2.55. The van der Waals surface area contributed by atoms with Crippen LogP contribution in [-0.4, -0.2) is 48.9 Å². The summed E-state index contributed by atoms with van der Waals surface area (Å²) >= 11 is 0. The Bertz CT molecular complexity index is 327. The number of hydrogen-bond donors (Lipinski definition) is 0. The quantitative estimate of drug-likeness (QED) is 0.766. The van der Waals surface area contributed by atoms with E-state index in [0.29, 0.717) is 5.91 Å². The first kappa shape index (κ1) is 12.5. The maximum absolute atomic E-state index is 12.1. The molecule has 3 rings (SSSR count). The third-order valence-electron chi connectivity index (χ3n) is 5.44. The van der Waals surface area contributed by atoms with E-state index in [4.69, 9.17) is 0 Å². The van der Waals surface area contributed by atoms with Crippen LogP contribution in [0.25, 0.3) is 0 Å². The normalized spacial score (nSPS) is 31.1. The SMILES string of the molecule is CN(C)C(=O)[C@@H]1CCCN1CC1CC2(CCC2)C1. The lowest BCUT2D eigenvalue weighted by atomic mass is 9.52. The molecule has 0 radical (unpaired) electrons. The van der Waals surface area contributed by atoms with Crippen LogP contribution in [0, 0.1) is 11.3 Å². The average Bonchev–Trinajstić information content (AvgIpc) is 2.66. The summed E-state index contributed by atoms with van der Waals surface area (Å²) in [7, 11) is 3.76. The molecule has 0 aromatic carbocycles. The lowest BCUT2D eigenvalue weighted by molar-refractivity contribution is -0.134. The first-order valence-corrected chi connectivity index (χ1v) is 7.55. The van der Waals surface area contributed by atoms with Gasteiger partial charge in [-0.1, -0.05) is 6.42 Å². The summed E-state index contributed by atoms with van der Waals surface area (Å²) in [4.78, 5) is 16.3. The van der Waals surface area contributed by atoms with Crippen molar-refractivity contribution in [3.8, 4) is 0 Å². The van der Waals surface area contributed by atoms with Crippen molar-refractivity contribution in [1.29, 1.82) is 0 Å². The summed E-state index contributed by atoms with van der Waals surface area (Å²) in [6.45, 7) is 2.31. The van der Waals surface area contributed by atoms with Gasteiger partial charge in [-0.25, -0.2) is 0 Å². The fraction of sp³-hybridized carbons (Fsp3) is 0.933. The molecule has 0 bridgehead atoms. The Morgan fingerprint density at radius 1 is 1.28 bits per heavy atom. The van der Waals surface area contributed by atoms with E-state index in [2.05, 4.69) is 4.90 Å². The van der Waals surface area contributed by atoms with Gasteiger partial charge in [-0.2, -0.15) is 0 Å². The summed E-state index contributed by atoms with van der Waals surface area (Å²) < 4.78 is 0. The summed E-state index contributed by atoms with van der Waals surface area (Å²) in [5, 5.41) is 0. The second kappa shape index (κ2) is 4.52. The largest absolute Gasteiger partial charge is 0.347 e. The van der Waals surface area contributed by atoms with Crippen molar-refractivity contribution in [1.82, 2.24) is 9.80 Å². The van der Waals surface area contributed by atoms with Crippen LogP contribution >= 0.6 is 0 Å². The molecule has 1 atom stereocenters. The Balaban J connectivity index is 1.51. The first-order valence-electron chi connectivity index (χ1n) is 7.55. The van der Waals surface area contributed by atoms with Gasteiger partial charge in [0.1, 0.15) is 0 Å². The second-order valence-electron chi connectivity index (χ2n) is 7.01. The van der Waals surface area contributed by atoms with Crippen molar-refractivity contribution < 1.29 is 4.79 Å². The van der Waals surface area contributed by atoms with E-state index in [0.717, 1.165) is 24.3 Å². The molecule has 3 nitrogen and oxygen atoms in total. The molecule has 1 amide bonds. The maximum atomic E-state index is 12.1. The van der Waals surface area contributed by atoms with E-state index in [1.807, 2.05) is 14.1 Å². The Morgan fingerprint density at radius 3 is 2.56 bits per heavy atom. The minimum absolute atomic E-state index is 0.179. The zero-order valence-corrected chi connectivity index (χ0v) is 11.8.